The fourth-order valence-corrected chi connectivity index (χ4v) is 0.118. The molecule has 0 aromatic rings. The van der Waals surface area contributed by atoms with E-state index in [2.05, 4.69) is 0 Å². The van der Waals surface area contributed by atoms with Gasteiger partial charge in [-0.3, -0.25) is 4.79 Å². The van der Waals surface area contributed by atoms with Crippen molar-refractivity contribution < 1.29 is 4.79 Å². The fourth-order valence-electron chi connectivity index (χ4n) is 0.118. The highest BCUT2D eigenvalue weighted by atomic mass is 16.1. The van der Waals surface area contributed by atoms with Gasteiger partial charge in [0.05, 0.1) is 6.54 Å². The molecule has 0 aromatic carbocycles. The predicted molar refractivity (Wildman–Crippen MR) is 24.0 cm³/mol. The normalized spacial score (nSPS) is 8.33. The van der Waals surface area contributed by atoms with Crippen LogP contribution in [0.3, 0.4) is 0 Å². The molecular formula is C4H8NO. The van der Waals surface area contributed by atoms with E-state index in [1.165, 1.54) is 6.42 Å². The first kappa shape index (κ1) is 5.63. The van der Waals surface area contributed by atoms with E-state index in [9.17, 15) is 4.79 Å². The van der Waals surface area contributed by atoms with E-state index in [4.69, 9.17) is 5.73 Å². The standard InChI is InChI=1S/C4H8NO/c1-2-4(6)3-5/h2H,3,5H2,1H3. The smallest absolute Gasteiger partial charge is 0.149 e. The summed E-state index contributed by atoms with van der Waals surface area (Å²) in [5.41, 5.74) is 4.90. The SMILES string of the molecule is C[CH]C(=O)CN. The average Bonchev–Trinajstić information content (AvgIpc) is 1.65. The molecular weight excluding hydrogens is 78.1 g/mol. The minimum absolute atomic E-state index is 0.00463. The maximum atomic E-state index is 10.0. The van der Waals surface area contributed by atoms with Gasteiger partial charge in [-0.1, -0.05) is 6.92 Å². The fraction of sp³-hybridized carbons (Fsp3) is 0.500. The first-order valence-corrected chi connectivity index (χ1v) is 1.83. The molecule has 0 aliphatic rings. The minimum atomic E-state index is -0.00463. The van der Waals surface area contributed by atoms with Crippen LogP contribution in [0.25, 0.3) is 0 Å². The molecule has 0 amide bonds. The molecule has 0 atom stereocenters. The second-order valence-electron chi connectivity index (χ2n) is 0.959. The van der Waals surface area contributed by atoms with Crippen LogP contribution in [-0.4, -0.2) is 12.3 Å². The van der Waals surface area contributed by atoms with Crippen molar-refractivity contribution in [2.75, 3.05) is 6.54 Å². The second kappa shape index (κ2) is 2.85. The van der Waals surface area contributed by atoms with E-state index >= 15 is 0 Å². The summed E-state index contributed by atoms with van der Waals surface area (Å²) in [6.07, 6.45) is 1.46. The molecule has 0 unspecified atom stereocenters. The number of carbonyl (C=O) groups is 1. The molecule has 2 heteroatoms. The zero-order valence-electron chi connectivity index (χ0n) is 3.77. The van der Waals surface area contributed by atoms with Crippen LogP contribution in [0.5, 0.6) is 0 Å². The largest absolute Gasteiger partial charge is 0.324 e. The number of hydrogen-bond acceptors (Lipinski definition) is 2. The van der Waals surface area contributed by atoms with Gasteiger partial charge in [-0.2, -0.15) is 0 Å². The van der Waals surface area contributed by atoms with Gasteiger partial charge in [0.25, 0.3) is 0 Å². The van der Waals surface area contributed by atoms with Gasteiger partial charge in [0.2, 0.25) is 0 Å². The molecule has 0 saturated heterocycles. The quantitative estimate of drug-likeness (QED) is 0.503. The van der Waals surface area contributed by atoms with E-state index in [0.29, 0.717) is 0 Å². The monoisotopic (exact) mass is 86.1 g/mol. The van der Waals surface area contributed by atoms with Crippen LogP contribution in [0.4, 0.5) is 0 Å². The van der Waals surface area contributed by atoms with Crippen molar-refractivity contribution in [3.8, 4) is 0 Å². The molecule has 35 valence electrons. The maximum absolute atomic E-state index is 10.0. The van der Waals surface area contributed by atoms with Crippen LogP contribution in [0.15, 0.2) is 0 Å². The van der Waals surface area contributed by atoms with E-state index in [0.717, 1.165) is 0 Å². The Bertz CT molecular complexity index is 45.5. The number of ketones is 1. The van der Waals surface area contributed by atoms with E-state index in [1.54, 1.807) is 6.92 Å². The van der Waals surface area contributed by atoms with Crippen LogP contribution >= 0.6 is 0 Å². The Kier molecular flexibility index (Phi) is 2.67. The highest BCUT2D eigenvalue weighted by Crippen LogP contribution is 1.69. The number of Topliss-reactive ketones (excluding diaryl/α,β-unsaturated/α-hetero) is 1. The van der Waals surface area contributed by atoms with E-state index < -0.39 is 0 Å². The summed E-state index contributed by atoms with van der Waals surface area (Å²) < 4.78 is 0. The molecule has 0 saturated carbocycles. The van der Waals surface area contributed by atoms with Gasteiger partial charge in [-0.25, -0.2) is 0 Å². The Morgan fingerprint density at radius 3 is 2.50 bits per heavy atom. The van der Waals surface area contributed by atoms with Crippen LogP contribution in [0.2, 0.25) is 0 Å². The summed E-state index contributed by atoms with van der Waals surface area (Å²) in [4.78, 5) is 10.0. The molecule has 0 fully saturated rings. The van der Waals surface area contributed by atoms with Gasteiger partial charge in [-0.15, -0.1) is 0 Å². The lowest BCUT2D eigenvalue weighted by molar-refractivity contribution is -0.114. The summed E-state index contributed by atoms with van der Waals surface area (Å²) in [6, 6.07) is 0. The summed E-state index contributed by atoms with van der Waals surface area (Å²) >= 11 is 0. The van der Waals surface area contributed by atoms with Crippen LogP contribution in [0, 0.1) is 6.42 Å². The minimum Gasteiger partial charge on any atom is -0.324 e. The van der Waals surface area contributed by atoms with Crippen molar-refractivity contribution in [1.82, 2.24) is 0 Å². The third kappa shape index (κ3) is 1.91. The Morgan fingerprint density at radius 1 is 2.00 bits per heavy atom. The molecule has 0 heterocycles. The van der Waals surface area contributed by atoms with Crippen molar-refractivity contribution in [3.05, 3.63) is 6.42 Å². The van der Waals surface area contributed by atoms with Crippen molar-refractivity contribution >= 4 is 5.78 Å². The lowest BCUT2D eigenvalue weighted by Crippen LogP contribution is -2.11. The molecule has 1 radical (unpaired) electrons. The molecule has 0 aliphatic carbocycles. The zero-order valence-corrected chi connectivity index (χ0v) is 3.77. The van der Waals surface area contributed by atoms with Crippen LogP contribution in [-0.2, 0) is 4.79 Å². The molecule has 0 bridgehead atoms. The molecule has 0 aromatic heterocycles. The van der Waals surface area contributed by atoms with Gasteiger partial charge in [0.1, 0.15) is 5.78 Å². The zero-order chi connectivity index (χ0) is 4.99. The first-order chi connectivity index (χ1) is 2.81. The van der Waals surface area contributed by atoms with Gasteiger partial charge in [-0.05, 0) is 0 Å². The van der Waals surface area contributed by atoms with Crippen molar-refractivity contribution in [3.63, 3.8) is 0 Å². The Balaban J connectivity index is 2.99. The van der Waals surface area contributed by atoms with Crippen molar-refractivity contribution in [2.45, 2.75) is 6.92 Å². The molecule has 2 nitrogen and oxygen atoms in total. The Hall–Kier alpha value is -0.370. The summed E-state index contributed by atoms with van der Waals surface area (Å²) in [5, 5.41) is 0. The first-order valence-electron chi connectivity index (χ1n) is 1.83. The van der Waals surface area contributed by atoms with E-state index in [-0.39, 0.29) is 12.3 Å². The summed E-state index contributed by atoms with van der Waals surface area (Å²) in [5.74, 6) is -0.00463. The summed E-state index contributed by atoms with van der Waals surface area (Å²) in [6.45, 7) is 1.81. The van der Waals surface area contributed by atoms with Crippen LogP contribution in [0.1, 0.15) is 6.92 Å². The highest BCUT2D eigenvalue weighted by molar-refractivity contribution is 5.87. The molecule has 0 aliphatic heterocycles. The van der Waals surface area contributed by atoms with Gasteiger partial charge in [0.15, 0.2) is 0 Å². The lowest BCUT2D eigenvalue weighted by atomic mass is 10.3. The number of nitrogens with two attached hydrogens (primary N) is 1. The van der Waals surface area contributed by atoms with Crippen molar-refractivity contribution in [2.24, 2.45) is 5.73 Å². The molecule has 0 rings (SSSR count). The maximum Gasteiger partial charge on any atom is 0.149 e. The predicted octanol–water partition coefficient (Wildman–Crippen LogP) is -0.262. The topological polar surface area (TPSA) is 43.1 Å². The number of rotatable bonds is 2. The third-order valence-electron chi connectivity index (χ3n) is 0.523. The summed E-state index contributed by atoms with van der Waals surface area (Å²) in [7, 11) is 0. The lowest BCUT2D eigenvalue weighted by Gasteiger charge is -1.81. The average molecular weight is 86.1 g/mol. The number of hydrogen-bond donors (Lipinski definition) is 1. The van der Waals surface area contributed by atoms with Gasteiger partial charge < -0.3 is 5.73 Å². The Morgan fingerprint density at radius 2 is 2.50 bits per heavy atom. The van der Waals surface area contributed by atoms with Gasteiger partial charge in [0, 0.05) is 6.42 Å². The van der Waals surface area contributed by atoms with E-state index in [1.807, 2.05) is 0 Å². The third-order valence-corrected chi connectivity index (χ3v) is 0.523. The highest BCUT2D eigenvalue weighted by Gasteiger charge is 1.87. The van der Waals surface area contributed by atoms with Crippen molar-refractivity contribution in [1.29, 1.82) is 0 Å². The van der Waals surface area contributed by atoms with Crippen LogP contribution < -0.4 is 5.73 Å². The Labute approximate surface area is 37.3 Å². The second-order valence-corrected chi connectivity index (χ2v) is 0.959. The molecule has 2 N–H and O–H groups in total. The molecule has 0 spiro atoms. The van der Waals surface area contributed by atoms with Gasteiger partial charge >= 0.3 is 0 Å². The molecule has 6 heavy (non-hydrogen) atoms. The number of carbonyl (C=O) groups excluding carboxylic acids is 1.